The van der Waals surface area contributed by atoms with E-state index in [1.807, 2.05) is 23.9 Å². The summed E-state index contributed by atoms with van der Waals surface area (Å²) in [5, 5.41) is 15.6. The Morgan fingerprint density at radius 1 is 1.26 bits per heavy atom. The van der Waals surface area contributed by atoms with E-state index in [0.717, 1.165) is 25.9 Å². The van der Waals surface area contributed by atoms with E-state index in [1.54, 1.807) is 31.2 Å². The van der Waals surface area contributed by atoms with E-state index in [9.17, 15) is 9.59 Å². The van der Waals surface area contributed by atoms with Gasteiger partial charge in [-0.2, -0.15) is 11.3 Å². The Hall–Kier alpha value is -3.63. The number of para-hydroxylation sites is 1. The zero-order valence-electron chi connectivity index (χ0n) is 20.2. The van der Waals surface area contributed by atoms with E-state index >= 15 is 0 Å². The molecule has 0 radical (unpaired) electrons. The number of benzene rings is 1. The molecule has 1 fully saturated rings. The van der Waals surface area contributed by atoms with E-state index in [-0.39, 0.29) is 11.9 Å². The van der Waals surface area contributed by atoms with Crippen LogP contribution in [0.1, 0.15) is 19.8 Å². The summed E-state index contributed by atoms with van der Waals surface area (Å²) in [5.41, 5.74) is 2.71. The van der Waals surface area contributed by atoms with Crippen molar-refractivity contribution in [3.63, 3.8) is 0 Å². The molecule has 0 spiro atoms. The third-order valence-electron chi connectivity index (χ3n) is 6.26. The molecule has 0 saturated carbocycles. The number of thiophene rings is 1. The van der Waals surface area contributed by atoms with Crippen molar-refractivity contribution in [3.8, 4) is 0 Å². The highest BCUT2D eigenvalue weighted by Gasteiger charge is 2.26. The van der Waals surface area contributed by atoms with E-state index in [1.165, 1.54) is 11.3 Å². The molecule has 10 heteroatoms. The van der Waals surface area contributed by atoms with Gasteiger partial charge in [0.1, 0.15) is 11.7 Å². The number of amides is 3. The molecule has 1 saturated heterocycles. The number of rotatable bonds is 5. The van der Waals surface area contributed by atoms with Crippen LogP contribution in [0.4, 0.5) is 27.5 Å². The number of aliphatic imine (C=N–C) groups is 1. The molecule has 2 aromatic rings. The lowest BCUT2D eigenvalue weighted by Gasteiger charge is -2.36. The molecular weight excluding hydrogens is 462 g/mol. The van der Waals surface area contributed by atoms with Gasteiger partial charge >= 0.3 is 6.03 Å². The van der Waals surface area contributed by atoms with Gasteiger partial charge in [0, 0.05) is 18.5 Å². The summed E-state index contributed by atoms with van der Waals surface area (Å²) in [4.78, 5) is 34.7. The fraction of sp³-hybridized carbons (Fsp3) is 0.320. The third kappa shape index (κ3) is 5.72. The Kier molecular flexibility index (Phi) is 7.52. The summed E-state index contributed by atoms with van der Waals surface area (Å²) in [6.07, 6.45) is 3.76. The Morgan fingerprint density at radius 3 is 2.71 bits per heavy atom. The Bertz CT molecular complexity index is 1160. The number of hydrogen-bond acceptors (Lipinski definition) is 6. The first-order chi connectivity index (χ1) is 16.9. The summed E-state index contributed by atoms with van der Waals surface area (Å²) in [5.74, 6) is 0.659. The number of hydrogen-bond donors (Lipinski definition) is 4. The molecule has 2 aliphatic heterocycles. The monoisotopic (exact) mass is 493 g/mol. The number of piperidine rings is 1. The predicted molar refractivity (Wildman–Crippen MR) is 144 cm³/mol. The minimum absolute atomic E-state index is 0.285. The molecule has 184 valence electrons. The highest BCUT2D eigenvalue weighted by Crippen LogP contribution is 2.34. The van der Waals surface area contributed by atoms with Crippen LogP contribution in [0.2, 0.25) is 0 Å². The van der Waals surface area contributed by atoms with Gasteiger partial charge in [-0.1, -0.05) is 18.7 Å². The normalized spacial score (nSPS) is 18.9. The number of carbonyl (C=O) groups is 2. The van der Waals surface area contributed by atoms with Crippen molar-refractivity contribution in [2.45, 2.75) is 25.8 Å². The number of amidine groups is 1. The summed E-state index contributed by atoms with van der Waals surface area (Å²) < 4.78 is 0. The molecule has 35 heavy (non-hydrogen) atoms. The number of allylic oxidation sites excluding steroid dienone is 1. The maximum Gasteiger partial charge on any atom is 0.323 e. The molecule has 0 aliphatic carbocycles. The maximum absolute atomic E-state index is 13.0. The van der Waals surface area contributed by atoms with Gasteiger partial charge in [-0.05, 0) is 63.5 Å². The standard InChI is InChI=1S/C25H31N7O2S/c1-5-19-23(26-16(2)32(4)18-9-12-31(3)13-10-18)30-22-20(28-24(19)33)7-6-8-21(22)29-25(34)27-17-11-14-35-15-17/h5-8,11,14-15,18H,2,9-10,12-13H2,1,3-4H3,(H,26,30)(H,28,33)(H2,27,29,34)/b19-5+. The van der Waals surface area contributed by atoms with Crippen molar-refractivity contribution < 1.29 is 9.59 Å². The molecule has 3 amide bonds. The summed E-state index contributed by atoms with van der Waals surface area (Å²) >= 11 is 1.50. The Labute approximate surface area is 209 Å². The van der Waals surface area contributed by atoms with Crippen molar-refractivity contribution in [1.29, 1.82) is 0 Å². The van der Waals surface area contributed by atoms with Crippen LogP contribution in [0.5, 0.6) is 0 Å². The molecule has 2 aliphatic rings. The van der Waals surface area contributed by atoms with E-state index in [2.05, 4.69) is 44.7 Å². The Morgan fingerprint density at radius 2 is 2.03 bits per heavy atom. The van der Waals surface area contributed by atoms with Crippen LogP contribution in [-0.4, -0.2) is 60.8 Å². The van der Waals surface area contributed by atoms with Crippen molar-refractivity contribution in [3.05, 3.63) is 59.1 Å². The van der Waals surface area contributed by atoms with E-state index in [0.29, 0.717) is 46.0 Å². The number of anilines is 4. The van der Waals surface area contributed by atoms with Crippen molar-refractivity contribution in [2.24, 2.45) is 4.99 Å². The number of likely N-dealkylation sites (tertiary alicyclic amines) is 1. The van der Waals surface area contributed by atoms with Crippen LogP contribution >= 0.6 is 11.3 Å². The first kappa shape index (κ1) is 24.5. The fourth-order valence-corrected chi connectivity index (χ4v) is 4.74. The van der Waals surface area contributed by atoms with Gasteiger partial charge in [0.05, 0.1) is 28.3 Å². The van der Waals surface area contributed by atoms with Gasteiger partial charge in [-0.25, -0.2) is 9.79 Å². The highest BCUT2D eigenvalue weighted by molar-refractivity contribution is 7.08. The van der Waals surface area contributed by atoms with Crippen LogP contribution in [0, 0.1) is 0 Å². The average molecular weight is 494 g/mol. The van der Waals surface area contributed by atoms with Gasteiger partial charge in [0.15, 0.2) is 0 Å². The lowest BCUT2D eigenvalue weighted by molar-refractivity contribution is -0.112. The molecule has 4 N–H and O–H groups in total. The fourth-order valence-electron chi connectivity index (χ4n) is 4.16. The predicted octanol–water partition coefficient (Wildman–Crippen LogP) is 4.60. The SMILES string of the molecule is C=C(/N=C1/Nc2c(NC(=O)Nc3ccsc3)cccc2NC(=O)/C1=C/C)N(C)C1CCN(C)CC1. The van der Waals surface area contributed by atoms with Crippen LogP contribution in [0.25, 0.3) is 0 Å². The van der Waals surface area contributed by atoms with Gasteiger partial charge in [0.2, 0.25) is 0 Å². The average Bonchev–Trinajstić information content (AvgIpc) is 3.29. The molecule has 4 rings (SSSR count). The van der Waals surface area contributed by atoms with Gasteiger partial charge in [0.25, 0.3) is 5.91 Å². The molecule has 0 atom stereocenters. The van der Waals surface area contributed by atoms with Crippen LogP contribution in [-0.2, 0) is 4.79 Å². The Balaban J connectivity index is 1.60. The second kappa shape index (κ2) is 10.7. The molecule has 1 aromatic heterocycles. The van der Waals surface area contributed by atoms with Gasteiger partial charge < -0.3 is 31.1 Å². The molecule has 1 aromatic carbocycles. The van der Waals surface area contributed by atoms with E-state index in [4.69, 9.17) is 4.99 Å². The minimum atomic E-state index is -0.384. The van der Waals surface area contributed by atoms with Crippen molar-refractivity contribution in [2.75, 3.05) is 48.5 Å². The minimum Gasteiger partial charge on any atom is -0.357 e. The zero-order chi connectivity index (χ0) is 24.9. The second-order valence-corrected chi connectivity index (χ2v) is 9.40. The van der Waals surface area contributed by atoms with E-state index < -0.39 is 0 Å². The smallest absolute Gasteiger partial charge is 0.323 e. The van der Waals surface area contributed by atoms with Gasteiger partial charge in [-0.15, -0.1) is 0 Å². The van der Waals surface area contributed by atoms with Crippen molar-refractivity contribution >= 4 is 51.9 Å². The number of nitrogens with one attached hydrogen (secondary N) is 4. The number of fused-ring (bicyclic) bond motifs is 1. The molecular formula is C25H31N7O2S. The zero-order valence-corrected chi connectivity index (χ0v) is 21.0. The highest BCUT2D eigenvalue weighted by atomic mass is 32.1. The molecule has 3 heterocycles. The van der Waals surface area contributed by atoms with Crippen LogP contribution in [0.3, 0.4) is 0 Å². The largest absolute Gasteiger partial charge is 0.357 e. The lowest BCUT2D eigenvalue weighted by Crippen LogP contribution is -2.41. The van der Waals surface area contributed by atoms with Crippen LogP contribution < -0.4 is 21.3 Å². The first-order valence-electron chi connectivity index (χ1n) is 11.5. The number of carbonyl (C=O) groups excluding carboxylic acids is 2. The lowest BCUT2D eigenvalue weighted by atomic mass is 10.0. The second-order valence-electron chi connectivity index (χ2n) is 8.62. The molecule has 9 nitrogen and oxygen atoms in total. The maximum atomic E-state index is 13.0. The number of nitrogens with zero attached hydrogens (tertiary/aromatic N) is 3. The third-order valence-corrected chi connectivity index (χ3v) is 6.94. The molecule has 0 bridgehead atoms. The van der Waals surface area contributed by atoms with Crippen LogP contribution in [0.15, 0.2) is 64.1 Å². The topological polar surface area (TPSA) is 101 Å². The summed E-state index contributed by atoms with van der Waals surface area (Å²) in [6.45, 7) is 8.02. The molecule has 0 unspecified atom stereocenters. The summed E-state index contributed by atoms with van der Waals surface area (Å²) in [7, 11) is 4.12. The van der Waals surface area contributed by atoms with Crippen molar-refractivity contribution in [1.82, 2.24) is 9.80 Å². The summed E-state index contributed by atoms with van der Waals surface area (Å²) in [6, 6.07) is 7.09. The number of urea groups is 1. The first-order valence-corrected chi connectivity index (χ1v) is 12.5. The van der Waals surface area contributed by atoms with Gasteiger partial charge in [-0.3, -0.25) is 4.79 Å². The quantitative estimate of drug-likeness (QED) is 0.456.